The van der Waals surface area contributed by atoms with Crippen LogP contribution in [0.3, 0.4) is 0 Å². The van der Waals surface area contributed by atoms with Gasteiger partial charge in [0.15, 0.2) is 10.7 Å². The van der Waals surface area contributed by atoms with Crippen molar-refractivity contribution < 1.29 is 22.5 Å². The highest BCUT2D eigenvalue weighted by Gasteiger charge is 2.36. The van der Waals surface area contributed by atoms with Crippen LogP contribution in [0, 0.1) is 12.8 Å². The van der Waals surface area contributed by atoms with E-state index in [2.05, 4.69) is 10.5 Å². The van der Waals surface area contributed by atoms with Gasteiger partial charge in [0.05, 0.1) is 7.11 Å². The molecule has 35 heavy (non-hydrogen) atoms. The number of aromatic nitrogens is 1. The lowest BCUT2D eigenvalue weighted by Gasteiger charge is -2.31. The maximum Gasteiger partial charge on any atom is 0.248 e. The molecule has 0 unspecified atom stereocenters. The summed E-state index contributed by atoms with van der Waals surface area (Å²) in [6.45, 7) is 2.24. The van der Waals surface area contributed by atoms with Gasteiger partial charge in [0.2, 0.25) is 15.9 Å². The highest BCUT2D eigenvalue weighted by molar-refractivity contribution is 7.89. The first-order chi connectivity index (χ1) is 16.9. The van der Waals surface area contributed by atoms with Gasteiger partial charge in [0.1, 0.15) is 11.4 Å². The second-order valence-corrected chi connectivity index (χ2v) is 11.3. The minimum absolute atomic E-state index is 0.0678. The molecule has 2 heterocycles. The lowest BCUT2D eigenvalue weighted by atomic mass is 9.96. The summed E-state index contributed by atoms with van der Waals surface area (Å²) in [6.07, 6.45) is 11.3. The molecule has 1 N–H and O–H groups in total. The minimum atomic E-state index is -3.80. The van der Waals surface area contributed by atoms with Gasteiger partial charge >= 0.3 is 0 Å². The summed E-state index contributed by atoms with van der Waals surface area (Å²) in [6, 6.07) is 7.67. The summed E-state index contributed by atoms with van der Waals surface area (Å²) >= 11 is 0. The smallest absolute Gasteiger partial charge is 0.248 e. The summed E-state index contributed by atoms with van der Waals surface area (Å²) in [7, 11) is -2.20. The average Bonchev–Trinajstić information content (AvgIpc) is 3.07. The van der Waals surface area contributed by atoms with E-state index < -0.39 is 10.0 Å². The summed E-state index contributed by atoms with van der Waals surface area (Å²) < 4.78 is 39.0. The van der Waals surface area contributed by atoms with E-state index in [-0.39, 0.29) is 28.5 Å². The van der Waals surface area contributed by atoms with Crippen LogP contribution in [0.4, 0.5) is 0 Å². The van der Waals surface area contributed by atoms with Gasteiger partial charge in [-0.3, -0.25) is 4.79 Å². The summed E-state index contributed by atoms with van der Waals surface area (Å²) in [5.41, 5.74) is 1.20. The highest BCUT2D eigenvalue weighted by atomic mass is 32.2. The number of nitrogens with one attached hydrogen (secondary N) is 1. The van der Waals surface area contributed by atoms with Crippen LogP contribution in [-0.4, -0.2) is 50.0 Å². The fourth-order valence-corrected chi connectivity index (χ4v) is 6.64. The van der Waals surface area contributed by atoms with Crippen molar-refractivity contribution >= 4 is 28.1 Å². The Balaban J connectivity index is 1.40. The number of hydrogen-bond acceptors (Lipinski definition) is 6. The van der Waals surface area contributed by atoms with Gasteiger partial charge < -0.3 is 14.6 Å². The first-order valence-electron chi connectivity index (χ1n) is 12.5. The normalized spacial score (nSPS) is 19.0. The predicted molar refractivity (Wildman–Crippen MR) is 134 cm³/mol. The fraction of sp³-hybridized carbons (Fsp3) is 0.538. The summed E-state index contributed by atoms with van der Waals surface area (Å²) in [5, 5.41) is 7.14. The average molecular weight is 502 g/mol. The van der Waals surface area contributed by atoms with Crippen molar-refractivity contribution in [3.8, 4) is 5.75 Å². The molecular weight excluding hydrogens is 466 g/mol. The first-order valence-corrected chi connectivity index (χ1v) is 13.9. The molecule has 4 rings (SSSR count). The predicted octanol–water partition coefficient (Wildman–Crippen LogP) is 4.40. The van der Waals surface area contributed by atoms with Crippen LogP contribution in [0.2, 0.25) is 0 Å². The zero-order valence-corrected chi connectivity index (χ0v) is 21.4. The van der Waals surface area contributed by atoms with Gasteiger partial charge in [0.25, 0.3) is 0 Å². The van der Waals surface area contributed by atoms with E-state index in [1.54, 1.807) is 26.2 Å². The van der Waals surface area contributed by atoms with Crippen molar-refractivity contribution in [1.29, 1.82) is 0 Å². The molecule has 1 saturated carbocycles. The van der Waals surface area contributed by atoms with Crippen molar-refractivity contribution in [3.05, 3.63) is 41.3 Å². The molecule has 0 radical (unpaired) electrons. The Morgan fingerprint density at radius 3 is 2.34 bits per heavy atom. The van der Waals surface area contributed by atoms with Gasteiger partial charge in [-0.05, 0) is 56.4 Å². The van der Waals surface area contributed by atoms with E-state index >= 15 is 0 Å². The summed E-state index contributed by atoms with van der Waals surface area (Å²) in [5.74, 6) is 0.861. The zero-order valence-electron chi connectivity index (χ0n) is 20.5. The molecule has 0 atom stereocenters. The summed E-state index contributed by atoms with van der Waals surface area (Å²) in [4.78, 5) is 12.9. The third kappa shape index (κ3) is 6.13. The standard InChI is InChI=1S/C26H35N3O5S/c1-19-25(24(34-28-19)14-11-20-9-12-23(33-2)13-10-20)35(31,32)29-17-15-21(16-18-29)26(30)27-22-7-5-3-4-6-8-22/h9-14,21-22H,3-8,15-18H2,1-2H3,(H,27,30). The number of aryl methyl sites for hydroxylation is 1. The van der Waals surface area contributed by atoms with Crippen LogP contribution in [0.5, 0.6) is 5.75 Å². The largest absolute Gasteiger partial charge is 0.497 e. The lowest BCUT2D eigenvalue weighted by Crippen LogP contribution is -2.45. The number of rotatable bonds is 7. The second kappa shape index (κ2) is 11.4. The van der Waals surface area contributed by atoms with Gasteiger partial charge in [-0.15, -0.1) is 0 Å². The Bertz CT molecular complexity index is 1120. The zero-order chi connectivity index (χ0) is 24.8. The van der Waals surface area contributed by atoms with E-state index in [9.17, 15) is 13.2 Å². The Hall–Kier alpha value is -2.65. The van der Waals surface area contributed by atoms with E-state index in [1.165, 1.54) is 17.1 Å². The number of amides is 1. The maximum atomic E-state index is 13.5. The number of ether oxygens (including phenoxy) is 1. The van der Waals surface area contributed by atoms with Gasteiger partial charge in [-0.25, -0.2) is 8.42 Å². The molecule has 2 aliphatic rings. The van der Waals surface area contributed by atoms with Crippen molar-refractivity contribution in [2.75, 3.05) is 20.2 Å². The van der Waals surface area contributed by atoms with Crippen molar-refractivity contribution in [3.63, 3.8) is 0 Å². The van der Waals surface area contributed by atoms with E-state index in [4.69, 9.17) is 9.26 Å². The number of carbonyl (C=O) groups excluding carboxylic acids is 1. The van der Waals surface area contributed by atoms with E-state index in [0.717, 1.165) is 37.0 Å². The topological polar surface area (TPSA) is 102 Å². The van der Waals surface area contributed by atoms with Crippen LogP contribution < -0.4 is 10.1 Å². The number of benzene rings is 1. The second-order valence-electron chi connectivity index (χ2n) is 9.44. The third-order valence-corrected chi connectivity index (χ3v) is 9.06. The molecule has 1 aliphatic heterocycles. The number of methoxy groups -OCH3 is 1. The molecule has 1 aromatic heterocycles. The fourth-order valence-electron chi connectivity index (χ4n) is 4.92. The van der Waals surface area contributed by atoms with Crippen molar-refractivity contribution in [1.82, 2.24) is 14.8 Å². The molecule has 2 fully saturated rings. The van der Waals surface area contributed by atoms with E-state index in [1.807, 2.05) is 24.3 Å². The maximum absolute atomic E-state index is 13.5. The number of nitrogens with zero attached hydrogens (tertiary/aromatic N) is 2. The first kappa shape index (κ1) is 25.4. The number of carbonyl (C=O) groups is 1. The monoisotopic (exact) mass is 501 g/mol. The Morgan fingerprint density at radius 1 is 1.06 bits per heavy atom. The van der Waals surface area contributed by atoms with Crippen molar-refractivity contribution in [2.24, 2.45) is 5.92 Å². The molecular formula is C26H35N3O5S. The molecule has 1 amide bonds. The van der Waals surface area contributed by atoms with Crippen LogP contribution in [0.15, 0.2) is 33.7 Å². The molecule has 9 heteroatoms. The molecule has 2 aromatic rings. The molecule has 190 valence electrons. The molecule has 1 saturated heterocycles. The number of hydrogen-bond donors (Lipinski definition) is 1. The lowest BCUT2D eigenvalue weighted by molar-refractivity contribution is -0.126. The third-order valence-electron chi connectivity index (χ3n) is 7.00. The molecule has 0 spiro atoms. The minimum Gasteiger partial charge on any atom is -0.497 e. The highest BCUT2D eigenvalue weighted by Crippen LogP contribution is 2.30. The quantitative estimate of drug-likeness (QED) is 0.564. The number of piperidine rings is 1. The van der Waals surface area contributed by atoms with Crippen molar-refractivity contribution in [2.45, 2.75) is 69.2 Å². The Kier molecular flexibility index (Phi) is 8.28. The van der Waals surface area contributed by atoms with Gasteiger partial charge in [-0.1, -0.05) is 49.0 Å². The molecule has 1 aromatic carbocycles. The molecule has 1 aliphatic carbocycles. The Morgan fingerprint density at radius 2 is 1.71 bits per heavy atom. The Labute approximate surface area is 207 Å². The van der Waals surface area contributed by atoms with E-state index in [0.29, 0.717) is 31.6 Å². The SMILES string of the molecule is COc1ccc(C=Cc2onc(C)c2S(=O)(=O)N2CCC(C(=O)NC3CCCCCC3)CC2)cc1. The van der Waals surface area contributed by atoms with Gasteiger partial charge in [-0.2, -0.15) is 4.31 Å². The molecule has 0 bridgehead atoms. The van der Waals surface area contributed by atoms with Crippen LogP contribution in [0.1, 0.15) is 68.4 Å². The molecule has 8 nitrogen and oxygen atoms in total. The number of sulfonamides is 1. The van der Waals surface area contributed by atoms with Crippen LogP contribution >= 0.6 is 0 Å². The van der Waals surface area contributed by atoms with Gasteiger partial charge in [0, 0.05) is 25.0 Å². The van der Waals surface area contributed by atoms with Crippen LogP contribution in [-0.2, 0) is 14.8 Å². The van der Waals surface area contributed by atoms with Crippen LogP contribution in [0.25, 0.3) is 12.2 Å².